The highest BCUT2D eigenvalue weighted by molar-refractivity contribution is 6.74. The molecule has 3 N–H and O–H groups in total. The first kappa shape index (κ1) is 18.6. The van der Waals surface area contributed by atoms with Crippen LogP contribution in [0.2, 0.25) is 23.2 Å². The van der Waals surface area contributed by atoms with Crippen LogP contribution in [-0.4, -0.2) is 48.5 Å². The maximum atomic E-state index is 6.58. The van der Waals surface area contributed by atoms with Crippen molar-refractivity contribution in [2.45, 2.75) is 57.5 Å². The standard InChI is InChI=1S/C17H28ClN5OSi/c1-17(2,3)25(4,5)24-12-6-11(7-19-8-12)23-16-14-13(18)9-20-15(14)21-10-22-16/h9-12,19H,6-8H2,1-5H3,(H2,20,21,22,23)/t11-,12+/m1/s1. The normalized spacial score (nSPS) is 22.3. The second-order valence-electron chi connectivity index (χ2n) is 8.32. The quantitative estimate of drug-likeness (QED) is 0.703. The lowest BCUT2D eigenvalue weighted by atomic mass is 10.1. The van der Waals surface area contributed by atoms with Gasteiger partial charge in [-0.15, -0.1) is 0 Å². The summed E-state index contributed by atoms with van der Waals surface area (Å²) in [6.07, 6.45) is 4.46. The van der Waals surface area contributed by atoms with Gasteiger partial charge in [-0.05, 0) is 24.6 Å². The maximum Gasteiger partial charge on any atom is 0.192 e. The number of fused-ring (bicyclic) bond motifs is 1. The van der Waals surface area contributed by atoms with Crippen LogP contribution in [-0.2, 0) is 4.43 Å². The molecule has 0 unspecified atom stereocenters. The van der Waals surface area contributed by atoms with Gasteiger partial charge in [-0.3, -0.25) is 0 Å². The Hall–Kier alpha value is -1.15. The van der Waals surface area contributed by atoms with Gasteiger partial charge in [0.1, 0.15) is 17.8 Å². The molecule has 2 aromatic heterocycles. The molecule has 0 amide bonds. The van der Waals surface area contributed by atoms with Crippen molar-refractivity contribution < 1.29 is 4.43 Å². The van der Waals surface area contributed by atoms with Crippen molar-refractivity contribution in [1.29, 1.82) is 0 Å². The molecule has 1 aliphatic rings. The van der Waals surface area contributed by atoms with Gasteiger partial charge >= 0.3 is 0 Å². The largest absolute Gasteiger partial charge is 0.413 e. The van der Waals surface area contributed by atoms with E-state index in [-0.39, 0.29) is 17.2 Å². The molecule has 0 spiro atoms. The number of rotatable bonds is 4. The maximum absolute atomic E-state index is 6.58. The molecule has 0 aromatic carbocycles. The van der Waals surface area contributed by atoms with Crippen molar-refractivity contribution in [3.05, 3.63) is 17.5 Å². The van der Waals surface area contributed by atoms with E-state index in [0.29, 0.717) is 5.02 Å². The molecule has 6 nitrogen and oxygen atoms in total. The van der Waals surface area contributed by atoms with Gasteiger partial charge in [-0.2, -0.15) is 0 Å². The van der Waals surface area contributed by atoms with Crippen molar-refractivity contribution in [2.24, 2.45) is 0 Å². The van der Waals surface area contributed by atoms with E-state index in [2.05, 4.69) is 59.5 Å². The lowest BCUT2D eigenvalue weighted by Gasteiger charge is -2.41. The van der Waals surface area contributed by atoms with Crippen LogP contribution in [0.4, 0.5) is 5.82 Å². The summed E-state index contributed by atoms with van der Waals surface area (Å²) in [6.45, 7) is 13.2. The molecule has 3 heterocycles. The number of hydrogen-bond donors (Lipinski definition) is 3. The van der Waals surface area contributed by atoms with Crippen LogP contribution in [0.3, 0.4) is 0 Å². The zero-order valence-electron chi connectivity index (χ0n) is 15.6. The van der Waals surface area contributed by atoms with E-state index in [0.717, 1.165) is 36.4 Å². The van der Waals surface area contributed by atoms with Gasteiger partial charge in [-0.25, -0.2) is 9.97 Å². The predicted molar refractivity (Wildman–Crippen MR) is 106 cm³/mol. The highest BCUT2D eigenvalue weighted by Crippen LogP contribution is 2.38. The Kier molecular flexibility index (Phi) is 5.12. The molecular weight excluding hydrogens is 354 g/mol. The first-order chi connectivity index (χ1) is 11.7. The van der Waals surface area contributed by atoms with Crippen LogP contribution in [0.15, 0.2) is 12.5 Å². The smallest absolute Gasteiger partial charge is 0.192 e. The van der Waals surface area contributed by atoms with Crippen LogP contribution in [0.5, 0.6) is 0 Å². The predicted octanol–water partition coefficient (Wildman–Crippen LogP) is 3.78. The van der Waals surface area contributed by atoms with E-state index >= 15 is 0 Å². The van der Waals surface area contributed by atoms with Crippen LogP contribution < -0.4 is 10.6 Å². The lowest BCUT2D eigenvalue weighted by molar-refractivity contribution is 0.143. The minimum Gasteiger partial charge on any atom is -0.413 e. The Morgan fingerprint density at radius 3 is 2.76 bits per heavy atom. The fraction of sp³-hybridized carbons (Fsp3) is 0.647. The number of aromatic nitrogens is 3. The summed E-state index contributed by atoms with van der Waals surface area (Å²) < 4.78 is 6.58. The molecule has 0 saturated carbocycles. The lowest BCUT2D eigenvalue weighted by Crippen LogP contribution is -2.52. The molecule has 1 fully saturated rings. The number of piperidine rings is 1. The third-order valence-electron chi connectivity index (χ3n) is 5.34. The molecule has 0 aliphatic carbocycles. The summed E-state index contributed by atoms with van der Waals surface area (Å²) in [5.74, 6) is 0.774. The number of H-pyrrole nitrogens is 1. The monoisotopic (exact) mass is 381 g/mol. The van der Waals surface area contributed by atoms with Crippen molar-refractivity contribution in [1.82, 2.24) is 20.3 Å². The zero-order valence-corrected chi connectivity index (χ0v) is 17.4. The van der Waals surface area contributed by atoms with Crippen LogP contribution >= 0.6 is 11.6 Å². The Labute approximate surface area is 155 Å². The number of anilines is 1. The molecular formula is C17H28ClN5OSi. The third kappa shape index (κ3) is 4.00. The Bertz CT molecular complexity index is 742. The van der Waals surface area contributed by atoms with E-state index in [1.54, 1.807) is 12.5 Å². The minimum absolute atomic E-state index is 0.213. The van der Waals surface area contributed by atoms with Crippen molar-refractivity contribution in [2.75, 3.05) is 18.4 Å². The van der Waals surface area contributed by atoms with Gasteiger partial charge in [0, 0.05) is 25.3 Å². The highest BCUT2D eigenvalue weighted by atomic mass is 35.5. The first-order valence-electron chi connectivity index (χ1n) is 8.80. The molecule has 0 bridgehead atoms. The number of hydrogen-bond acceptors (Lipinski definition) is 5. The molecule has 3 rings (SSSR count). The highest BCUT2D eigenvalue weighted by Gasteiger charge is 2.40. The van der Waals surface area contributed by atoms with Crippen LogP contribution in [0, 0.1) is 0 Å². The second kappa shape index (κ2) is 6.87. The van der Waals surface area contributed by atoms with Crippen molar-refractivity contribution >= 4 is 36.8 Å². The van der Waals surface area contributed by atoms with Crippen molar-refractivity contribution in [3.63, 3.8) is 0 Å². The van der Waals surface area contributed by atoms with Gasteiger partial charge in [0.2, 0.25) is 0 Å². The summed E-state index contributed by atoms with van der Waals surface area (Å²) in [5, 5.41) is 8.70. The van der Waals surface area contributed by atoms with E-state index in [1.165, 1.54) is 0 Å². The molecule has 138 valence electrons. The summed E-state index contributed by atoms with van der Waals surface area (Å²) in [4.78, 5) is 11.7. The number of nitrogens with zero attached hydrogens (tertiary/aromatic N) is 2. The fourth-order valence-electron chi connectivity index (χ4n) is 2.92. The summed E-state index contributed by atoms with van der Waals surface area (Å²) in [7, 11) is -1.78. The molecule has 2 atom stereocenters. The number of halogens is 1. The number of nitrogens with one attached hydrogen (secondary N) is 3. The zero-order chi connectivity index (χ0) is 18.2. The molecule has 1 saturated heterocycles. The first-order valence-corrected chi connectivity index (χ1v) is 12.1. The third-order valence-corrected chi connectivity index (χ3v) is 10.2. The van der Waals surface area contributed by atoms with Crippen molar-refractivity contribution in [3.8, 4) is 0 Å². The molecule has 25 heavy (non-hydrogen) atoms. The SMILES string of the molecule is CC(C)(C)[Si](C)(C)O[C@@H]1CNC[C@H](Nc2ncnc3[nH]cc(Cl)c23)C1. The Balaban J connectivity index is 1.71. The summed E-state index contributed by atoms with van der Waals surface area (Å²) >= 11 is 6.28. The molecule has 2 aromatic rings. The van der Waals surface area contributed by atoms with Gasteiger partial charge in [0.15, 0.2) is 8.32 Å². The van der Waals surface area contributed by atoms with Crippen LogP contribution in [0.25, 0.3) is 11.0 Å². The average molecular weight is 382 g/mol. The Morgan fingerprint density at radius 1 is 1.28 bits per heavy atom. The Morgan fingerprint density at radius 2 is 2.04 bits per heavy atom. The average Bonchev–Trinajstić information content (AvgIpc) is 2.89. The van der Waals surface area contributed by atoms with Gasteiger partial charge in [0.05, 0.1) is 16.5 Å². The van der Waals surface area contributed by atoms with E-state index in [9.17, 15) is 0 Å². The molecule has 1 aliphatic heterocycles. The topological polar surface area (TPSA) is 74.9 Å². The minimum atomic E-state index is -1.78. The van der Waals surface area contributed by atoms with E-state index in [4.69, 9.17) is 16.0 Å². The second-order valence-corrected chi connectivity index (χ2v) is 13.5. The van der Waals surface area contributed by atoms with E-state index in [1.807, 2.05) is 0 Å². The van der Waals surface area contributed by atoms with Gasteiger partial charge in [0.25, 0.3) is 0 Å². The van der Waals surface area contributed by atoms with E-state index < -0.39 is 8.32 Å². The van der Waals surface area contributed by atoms with Gasteiger partial charge < -0.3 is 20.0 Å². The summed E-state index contributed by atoms with van der Waals surface area (Å²) in [6, 6.07) is 0.243. The molecule has 8 heteroatoms. The van der Waals surface area contributed by atoms with Crippen LogP contribution in [0.1, 0.15) is 27.2 Å². The molecule has 0 radical (unpaired) electrons. The number of aromatic amines is 1. The summed E-state index contributed by atoms with van der Waals surface area (Å²) in [5.41, 5.74) is 0.750. The van der Waals surface area contributed by atoms with Gasteiger partial charge in [-0.1, -0.05) is 32.4 Å². The fourth-order valence-corrected chi connectivity index (χ4v) is 4.52.